The van der Waals surface area contributed by atoms with Crippen molar-refractivity contribution < 1.29 is 19.3 Å². The van der Waals surface area contributed by atoms with E-state index in [4.69, 9.17) is 14.2 Å². The Morgan fingerprint density at radius 1 is 1.32 bits per heavy atom. The number of nitrogens with zero attached hydrogens (tertiary/aromatic N) is 3. The average molecular weight is 485 g/mol. The van der Waals surface area contributed by atoms with E-state index in [2.05, 4.69) is 21.4 Å². The van der Waals surface area contributed by atoms with Gasteiger partial charge in [-0.1, -0.05) is 0 Å². The van der Waals surface area contributed by atoms with Gasteiger partial charge in [-0.3, -0.25) is 14.3 Å². The molecule has 0 aromatic carbocycles. The minimum Gasteiger partial charge on any atom is -0.490 e. The largest absolute Gasteiger partial charge is 0.490 e. The zero-order valence-electron chi connectivity index (χ0n) is 19.0. The summed E-state index contributed by atoms with van der Waals surface area (Å²) in [6.45, 7) is 1.97. The molecule has 0 spiro atoms. The normalized spacial score (nSPS) is 21.0. The highest BCUT2D eigenvalue weighted by Crippen LogP contribution is 2.32. The molecule has 34 heavy (non-hydrogen) atoms. The summed E-state index contributed by atoms with van der Waals surface area (Å²) in [5.74, 6) is 2.24. The van der Waals surface area contributed by atoms with Crippen molar-refractivity contribution in [2.45, 2.75) is 49.1 Å². The Morgan fingerprint density at radius 2 is 2.21 bits per heavy atom. The molecule has 0 bridgehead atoms. The summed E-state index contributed by atoms with van der Waals surface area (Å²) in [5, 5.41) is 15.2. The molecule has 3 aromatic heterocycles. The van der Waals surface area contributed by atoms with Gasteiger partial charge in [-0.15, -0.1) is 11.8 Å². The van der Waals surface area contributed by atoms with E-state index in [0.29, 0.717) is 31.1 Å². The lowest BCUT2D eigenvalue weighted by atomic mass is 10.0. The molecule has 1 saturated heterocycles. The van der Waals surface area contributed by atoms with E-state index in [9.17, 15) is 9.90 Å². The van der Waals surface area contributed by atoms with Crippen molar-refractivity contribution in [1.82, 2.24) is 19.9 Å². The van der Waals surface area contributed by atoms with Crippen LogP contribution in [0.2, 0.25) is 0 Å². The quantitative estimate of drug-likeness (QED) is 0.520. The van der Waals surface area contributed by atoms with E-state index < -0.39 is 6.10 Å². The maximum Gasteiger partial charge on any atom is 0.252 e. The van der Waals surface area contributed by atoms with Crippen LogP contribution in [-0.4, -0.2) is 64.0 Å². The SMILES string of the molecule is COc1ccc2ccc(=O)n(C[C@H](O)[C@H]3CC[C@@H](NCc4cc5c(cn4)OCCS5)CO3)c2n1. The van der Waals surface area contributed by atoms with Gasteiger partial charge < -0.3 is 24.6 Å². The Hall–Kier alpha value is -2.66. The van der Waals surface area contributed by atoms with Crippen molar-refractivity contribution >= 4 is 22.8 Å². The summed E-state index contributed by atoms with van der Waals surface area (Å²) in [5.41, 5.74) is 1.24. The summed E-state index contributed by atoms with van der Waals surface area (Å²) in [7, 11) is 1.53. The third-order valence-electron chi connectivity index (χ3n) is 6.18. The molecule has 3 atom stereocenters. The number of aliphatic hydroxyl groups is 1. The number of hydrogen-bond donors (Lipinski definition) is 2. The van der Waals surface area contributed by atoms with Gasteiger partial charge >= 0.3 is 0 Å². The van der Waals surface area contributed by atoms with Crippen molar-refractivity contribution in [3.63, 3.8) is 0 Å². The highest BCUT2D eigenvalue weighted by Gasteiger charge is 2.28. The van der Waals surface area contributed by atoms with Gasteiger partial charge in [0.05, 0.1) is 55.9 Å². The van der Waals surface area contributed by atoms with E-state index in [0.717, 1.165) is 40.5 Å². The molecule has 10 heteroatoms. The van der Waals surface area contributed by atoms with Crippen LogP contribution in [0.1, 0.15) is 18.5 Å². The first-order valence-electron chi connectivity index (χ1n) is 11.4. The molecule has 0 unspecified atom stereocenters. The van der Waals surface area contributed by atoms with Gasteiger partial charge in [0.25, 0.3) is 5.56 Å². The van der Waals surface area contributed by atoms with Crippen LogP contribution >= 0.6 is 11.8 Å². The van der Waals surface area contributed by atoms with E-state index in [1.165, 1.54) is 17.7 Å². The van der Waals surface area contributed by atoms with E-state index in [1.807, 2.05) is 6.07 Å². The number of ether oxygens (including phenoxy) is 3. The summed E-state index contributed by atoms with van der Waals surface area (Å²) in [6.07, 6.45) is 2.18. The highest BCUT2D eigenvalue weighted by atomic mass is 32.2. The molecular formula is C24H28N4O5S. The fraction of sp³-hybridized carbons (Fsp3) is 0.458. The Bertz CT molecular complexity index is 1210. The number of pyridine rings is 3. The second-order valence-electron chi connectivity index (χ2n) is 8.46. The molecule has 2 aliphatic rings. The average Bonchev–Trinajstić information content (AvgIpc) is 2.89. The first-order chi connectivity index (χ1) is 16.6. The number of aromatic nitrogens is 3. The lowest BCUT2D eigenvalue weighted by Crippen LogP contribution is -2.45. The number of fused-ring (bicyclic) bond motifs is 2. The van der Waals surface area contributed by atoms with Gasteiger partial charge in [0.1, 0.15) is 5.65 Å². The molecule has 0 aliphatic carbocycles. The maximum absolute atomic E-state index is 12.5. The number of thioether (sulfide) groups is 1. The van der Waals surface area contributed by atoms with Crippen LogP contribution in [0.4, 0.5) is 0 Å². The number of methoxy groups -OCH3 is 1. The smallest absolute Gasteiger partial charge is 0.252 e. The highest BCUT2D eigenvalue weighted by molar-refractivity contribution is 7.99. The third kappa shape index (κ3) is 5.05. The minimum atomic E-state index is -0.823. The van der Waals surface area contributed by atoms with Gasteiger partial charge in [-0.2, -0.15) is 4.98 Å². The molecule has 2 N–H and O–H groups in total. The standard InChI is InChI=1S/C24H28N4O5S/c1-31-22-6-2-15-3-7-23(30)28(24(15)27-22)13-18(29)19-5-4-16(14-33-19)25-11-17-10-21-20(12-26-17)32-8-9-34-21/h2-3,6-7,10,12,16,18-19,25,29H,4-5,8-9,11,13-14H2,1H3/t16-,18+,19-/m1/s1. The van der Waals surface area contributed by atoms with Gasteiger partial charge in [0, 0.05) is 35.9 Å². The van der Waals surface area contributed by atoms with Crippen molar-refractivity contribution in [2.75, 3.05) is 26.1 Å². The monoisotopic (exact) mass is 484 g/mol. The number of aliphatic hydroxyl groups excluding tert-OH is 1. The van der Waals surface area contributed by atoms with Crippen LogP contribution < -0.4 is 20.3 Å². The molecule has 0 radical (unpaired) electrons. The van der Waals surface area contributed by atoms with Crippen LogP contribution in [0.15, 0.2) is 46.2 Å². The van der Waals surface area contributed by atoms with Crippen molar-refractivity contribution in [1.29, 1.82) is 0 Å². The molecule has 9 nitrogen and oxygen atoms in total. The van der Waals surface area contributed by atoms with Crippen molar-refractivity contribution in [3.05, 3.63) is 52.6 Å². The second-order valence-corrected chi connectivity index (χ2v) is 9.60. The Kier molecular flexibility index (Phi) is 7.00. The van der Waals surface area contributed by atoms with Crippen LogP contribution in [0.25, 0.3) is 11.0 Å². The number of nitrogens with one attached hydrogen (secondary N) is 1. The van der Waals surface area contributed by atoms with Gasteiger partial charge in [0.15, 0.2) is 5.75 Å². The van der Waals surface area contributed by atoms with Crippen LogP contribution in [0, 0.1) is 0 Å². The number of rotatable bonds is 7. The molecule has 5 rings (SSSR count). The molecule has 1 fully saturated rings. The third-order valence-corrected chi connectivity index (χ3v) is 7.19. The van der Waals surface area contributed by atoms with E-state index in [1.54, 1.807) is 30.1 Å². The molecule has 2 aliphatic heterocycles. The van der Waals surface area contributed by atoms with Crippen molar-refractivity contribution in [2.24, 2.45) is 0 Å². The zero-order valence-corrected chi connectivity index (χ0v) is 19.8. The Morgan fingerprint density at radius 3 is 3.03 bits per heavy atom. The number of hydrogen-bond acceptors (Lipinski definition) is 9. The molecule has 3 aromatic rings. The van der Waals surface area contributed by atoms with Gasteiger partial charge in [0.2, 0.25) is 5.88 Å². The van der Waals surface area contributed by atoms with E-state index in [-0.39, 0.29) is 24.2 Å². The van der Waals surface area contributed by atoms with Gasteiger partial charge in [-0.05, 0) is 31.0 Å². The van der Waals surface area contributed by atoms with E-state index >= 15 is 0 Å². The molecule has 180 valence electrons. The topological polar surface area (TPSA) is 108 Å². The molecule has 0 saturated carbocycles. The lowest BCUT2D eigenvalue weighted by Gasteiger charge is -2.32. The van der Waals surface area contributed by atoms with Crippen molar-refractivity contribution in [3.8, 4) is 11.6 Å². The fourth-order valence-corrected chi connectivity index (χ4v) is 5.17. The first kappa shape index (κ1) is 23.1. The Labute approximate surface area is 201 Å². The van der Waals surface area contributed by atoms with Crippen LogP contribution in [-0.2, 0) is 17.8 Å². The fourth-order valence-electron chi connectivity index (χ4n) is 4.31. The summed E-state index contributed by atoms with van der Waals surface area (Å²) >= 11 is 1.79. The predicted octanol–water partition coefficient (Wildman–Crippen LogP) is 1.98. The minimum absolute atomic E-state index is 0.109. The van der Waals surface area contributed by atoms with Crippen LogP contribution in [0.5, 0.6) is 11.6 Å². The first-order valence-corrected chi connectivity index (χ1v) is 12.4. The summed E-state index contributed by atoms with van der Waals surface area (Å²) in [4.78, 5) is 22.5. The molecule has 5 heterocycles. The lowest BCUT2D eigenvalue weighted by molar-refractivity contribution is -0.0771. The predicted molar refractivity (Wildman–Crippen MR) is 129 cm³/mol. The Balaban J connectivity index is 1.17. The maximum atomic E-state index is 12.5. The zero-order chi connectivity index (χ0) is 23.5. The molecule has 0 amide bonds. The summed E-state index contributed by atoms with van der Waals surface area (Å²) in [6, 6.07) is 9.06. The van der Waals surface area contributed by atoms with Gasteiger partial charge in [-0.25, -0.2) is 0 Å². The molecular weight excluding hydrogens is 456 g/mol. The summed E-state index contributed by atoms with van der Waals surface area (Å²) < 4.78 is 18.3. The second kappa shape index (κ2) is 10.3. The van der Waals surface area contributed by atoms with Crippen LogP contribution in [0.3, 0.4) is 0 Å².